The van der Waals surface area contributed by atoms with Crippen LogP contribution in [0, 0.1) is 5.92 Å². The number of nitrogens with two attached hydrogens (primary N) is 1. The smallest absolute Gasteiger partial charge is 0.378 e. The normalized spacial score (nSPS) is 26.7. The average Bonchev–Trinajstić information content (AvgIpc) is 2.40. The molecular weight excluding hydrogens is 345 g/mol. The lowest BCUT2D eigenvalue weighted by Gasteiger charge is -2.44. The van der Waals surface area contributed by atoms with Crippen molar-refractivity contribution in [1.82, 2.24) is 0 Å². The first kappa shape index (κ1) is 16.6. The van der Waals surface area contributed by atoms with Crippen LogP contribution in [0.3, 0.4) is 0 Å². The van der Waals surface area contributed by atoms with E-state index in [1.165, 1.54) is 12.1 Å². The van der Waals surface area contributed by atoms with Gasteiger partial charge in [-0.25, -0.2) is 0 Å². The third-order valence-corrected chi connectivity index (χ3v) is 4.98. The van der Waals surface area contributed by atoms with Gasteiger partial charge in [0.25, 0.3) is 0 Å². The molecule has 3 N–H and O–H groups in total. The fraction of sp³-hybridized carbons (Fsp3) is 0.600. The van der Waals surface area contributed by atoms with Crippen molar-refractivity contribution >= 4 is 21.6 Å². The van der Waals surface area contributed by atoms with Crippen LogP contribution in [0.4, 0.5) is 18.9 Å². The minimum atomic E-state index is -4.38. The second kappa shape index (κ2) is 6.16. The van der Waals surface area contributed by atoms with Crippen LogP contribution >= 0.6 is 15.9 Å². The fourth-order valence-electron chi connectivity index (χ4n) is 3.09. The summed E-state index contributed by atoms with van der Waals surface area (Å²) in [5, 5.41) is 3.13. The van der Waals surface area contributed by atoms with Crippen LogP contribution in [-0.2, 0) is 6.18 Å². The standard InChI is InChI=1S/C15H20BrF3N2/c1-10-4-2-3-7-14(10,9-20)21-13-8-11(16)5-6-12(13)15(17,18)19/h5-6,8,10,21H,2-4,7,9,20H2,1H3. The summed E-state index contributed by atoms with van der Waals surface area (Å²) in [7, 11) is 0. The van der Waals surface area contributed by atoms with Gasteiger partial charge in [-0.2, -0.15) is 13.2 Å². The number of rotatable bonds is 3. The van der Waals surface area contributed by atoms with Gasteiger partial charge < -0.3 is 11.1 Å². The first-order valence-electron chi connectivity index (χ1n) is 7.13. The molecule has 0 aromatic heterocycles. The van der Waals surface area contributed by atoms with Gasteiger partial charge in [-0.05, 0) is 37.0 Å². The number of anilines is 1. The predicted molar refractivity (Wildman–Crippen MR) is 82.2 cm³/mol. The molecular formula is C15H20BrF3N2. The van der Waals surface area contributed by atoms with Crippen LogP contribution in [0.2, 0.25) is 0 Å². The van der Waals surface area contributed by atoms with E-state index in [-0.39, 0.29) is 11.6 Å². The maximum Gasteiger partial charge on any atom is 0.418 e. The van der Waals surface area contributed by atoms with Gasteiger partial charge in [-0.1, -0.05) is 35.7 Å². The maximum absolute atomic E-state index is 13.2. The van der Waals surface area contributed by atoms with Crippen molar-refractivity contribution in [3.8, 4) is 0 Å². The van der Waals surface area contributed by atoms with Gasteiger partial charge in [0.1, 0.15) is 0 Å². The topological polar surface area (TPSA) is 38.0 Å². The quantitative estimate of drug-likeness (QED) is 0.809. The Labute approximate surface area is 131 Å². The van der Waals surface area contributed by atoms with Crippen molar-refractivity contribution < 1.29 is 13.2 Å². The summed E-state index contributed by atoms with van der Waals surface area (Å²) < 4.78 is 40.1. The van der Waals surface area contributed by atoms with Gasteiger partial charge in [0, 0.05) is 16.7 Å². The van der Waals surface area contributed by atoms with Crippen molar-refractivity contribution in [1.29, 1.82) is 0 Å². The molecule has 1 saturated carbocycles. The Hall–Kier alpha value is -0.750. The minimum absolute atomic E-state index is 0.107. The molecule has 21 heavy (non-hydrogen) atoms. The van der Waals surface area contributed by atoms with E-state index in [1.807, 2.05) is 0 Å². The van der Waals surface area contributed by atoms with Crippen LogP contribution in [-0.4, -0.2) is 12.1 Å². The highest BCUT2D eigenvalue weighted by Gasteiger charge is 2.40. The second-order valence-electron chi connectivity index (χ2n) is 5.82. The van der Waals surface area contributed by atoms with E-state index in [4.69, 9.17) is 5.73 Å². The zero-order valence-corrected chi connectivity index (χ0v) is 13.5. The Morgan fingerprint density at radius 1 is 1.38 bits per heavy atom. The number of halogens is 4. The Balaban J connectivity index is 2.39. The molecule has 1 aromatic rings. The van der Waals surface area contributed by atoms with Crippen LogP contribution in [0.1, 0.15) is 38.2 Å². The summed E-state index contributed by atoms with van der Waals surface area (Å²) in [4.78, 5) is 0. The molecule has 0 spiro atoms. The van der Waals surface area contributed by atoms with Crippen molar-refractivity contribution in [3.05, 3.63) is 28.2 Å². The lowest BCUT2D eigenvalue weighted by Crippen LogP contribution is -2.52. The fourth-order valence-corrected chi connectivity index (χ4v) is 3.45. The van der Waals surface area contributed by atoms with E-state index in [0.717, 1.165) is 31.7 Å². The number of nitrogens with one attached hydrogen (secondary N) is 1. The molecule has 0 saturated heterocycles. The average molecular weight is 365 g/mol. The molecule has 0 amide bonds. The Morgan fingerprint density at radius 3 is 2.67 bits per heavy atom. The highest BCUT2D eigenvalue weighted by molar-refractivity contribution is 9.10. The van der Waals surface area contributed by atoms with Gasteiger partial charge in [-0.15, -0.1) is 0 Å². The number of hydrogen-bond donors (Lipinski definition) is 2. The lowest BCUT2D eigenvalue weighted by atomic mass is 9.73. The summed E-state index contributed by atoms with van der Waals surface area (Å²) in [6.45, 7) is 2.39. The van der Waals surface area contributed by atoms with Crippen LogP contribution in [0.5, 0.6) is 0 Å². The van der Waals surface area contributed by atoms with E-state index in [1.54, 1.807) is 0 Å². The van der Waals surface area contributed by atoms with Crippen LogP contribution in [0.25, 0.3) is 0 Å². The molecule has 0 bridgehead atoms. The van der Waals surface area contributed by atoms with Crippen molar-refractivity contribution in [2.75, 3.05) is 11.9 Å². The highest BCUT2D eigenvalue weighted by Crippen LogP contribution is 2.41. The SMILES string of the molecule is CC1CCCCC1(CN)Nc1cc(Br)ccc1C(F)(F)F. The Bertz CT molecular complexity index is 504. The summed E-state index contributed by atoms with van der Waals surface area (Å²) in [5.74, 6) is 0.247. The van der Waals surface area contributed by atoms with E-state index in [0.29, 0.717) is 11.0 Å². The van der Waals surface area contributed by atoms with Gasteiger partial charge >= 0.3 is 6.18 Å². The van der Waals surface area contributed by atoms with Gasteiger partial charge in [0.2, 0.25) is 0 Å². The van der Waals surface area contributed by atoms with Gasteiger partial charge in [0.15, 0.2) is 0 Å². The van der Waals surface area contributed by atoms with E-state index in [2.05, 4.69) is 28.2 Å². The van der Waals surface area contributed by atoms with Gasteiger partial charge in [0.05, 0.1) is 11.1 Å². The number of benzene rings is 1. The van der Waals surface area contributed by atoms with Crippen LogP contribution < -0.4 is 11.1 Å². The molecule has 1 aliphatic carbocycles. The third kappa shape index (κ3) is 3.54. The van der Waals surface area contributed by atoms with Crippen molar-refractivity contribution in [3.63, 3.8) is 0 Å². The Kier molecular flexibility index (Phi) is 4.88. The molecule has 0 radical (unpaired) electrons. The molecule has 0 aliphatic heterocycles. The monoisotopic (exact) mass is 364 g/mol. The number of hydrogen-bond acceptors (Lipinski definition) is 2. The van der Waals surface area contributed by atoms with Crippen molar-refractivity contribution in [2.45, 2.75) is 44.3 Å². The molecule has 2 unspecified atom stereocenters. The number of alkyl halides is 3. The molecule has 1 fully saturated rings. The highest BCUT2D eigenvalue weighted by atomic mass is 79.9. The molecule has 118 valence electrons. The third-order valence-electron chi connectivity index (χ3n) is 4.49. The summed E-state index contributed by atoms with van der Waals surface area (Å²) >= 11 is 3.24. The lowest BCUT2D eigenvalue weighted by molar-refractivity contribution is -0.137. The van der Waals surface area contributed by atoms with Gasteiger partial charge in [-0.3, -0.25) is 0 Å². The second-order valence-corrected chi connectivity index (χ2v) is 6.74. The summed E-state index contributed by atoms with van der Waals surface area (Å²) in [6, 6.07) is 4.00. The van der Waals surface area contributed by atoms with E-state index < -0.39 is 17.3 Å². The largest absolute Gasteiger partial charge is 0.418 e. The molecule has 1 aromatic carbocycles. The minimum Gasteiger partial charge on any atom is -0.378 e. The van der Waals surface area contributed by atoms with E-state index in [9.17, 15) is 13.2 Å². The first-order chi connectivity index (χ1) is 9.78. The van der Waals surface area contributed by atoms with Crippen LogP contribution in [0.15, 0.2) is 22.7 Å². The predicted octanol–water partition coefficient (Wildman–Crippen LogP) is 4.79. The molecule has 6 heteroatoms. The first-order valence-corrected chi connectivity index (χ1v) is 7.93. The zero-order valence-electron chi connectivity index (χ0n) is 11.9. The van der Waals surface area contributed by atoms with Crippen molar-refractivity contribution in [2.24, 2.45) is 11.7 Å². The molecule has 2 rings (SSSR count). The van der Waals surface area contributed by atoms with E-state index >= 15 is 0 Å². The summed E-state index contributed by atoms with van der Waals surface area (Å²) in [5.41, 5.74) is 4.92. The Morgan fingerprint density at radius 2 is 2.10 bits per heavy atom. The molecule has 1 aliphatic rings. The maximum atomic E-state index is 13.2. The summed E-state index contributed by atoms with van der Waals surface area (Å²) in [6.07, 6.45) is -0.496. The molecule has 0 heterocycles. The zero-order chi connectivity index (χ0) is 15.7. The molecule has 2 atom stereocenters. The molecule has 2 nitrogen and oxygen atoms in total.